The Morgan fingerprint density at radius 3 is 2.60 bits per heavy atom. The van der Waals surface area contributed by atoms with Crippen molar-refractivity contribution >= 4 is 5.91 Å². The molecule has 1 aliphatic rings. The van der Waals surface area contributed by atoms with Gasteiger partial charge in [0.05, 0.1) is 12.0 Å². The summed E-state index contributed by atoms with van der Waals surface area (Å²) in [6.45, 7) is 4.96. The Labute approximate surface area is 121 Å². The van der Waals surface area contributed by atoms with Gasteiger partial charge in [-0.05, 0) is 36.7 Å². The Balaban J connectivity index is 1.84. The molecule has 3 heteroatoms. The third-order valence-electron chi connectivity index (χ3n) is 4.08. The van der Waals surface area contributed by atoms with E-state index < -0.39 is 6.10 Å². The topological polar surface area (TPSA) is 49.3 Å². The SMILES string of the molecule is CC(C)(CNC(=O)C1CCCC1O)Cc1ccccc1. The average molecular weight is 275 g/mol. The fraction of sp³-hybridized carbons (Fsp3) is 0.588. The molecule has 20 heavy (non-hydrogen) atoms. The van der Waals surface area contributed by atoms with E-state index in [1.54, 1.807) is 0 Å². The van der Waals surface area contributed by atoms with E-state index in [0.29, 0.717) is 6.54 Å². The maximum absolute atomic E-state index is 12.1. The van der Waals surface area contributed by atoms with E-state index in [1.807, 2.05) is 18.2 Å². The van der Waals surface area contributed by atoms with Gasteiger partial charge < -0.3 is 10.4 Å². The first-order valence-electron chi connectivity index (χ1n) is 7.48. The summed E-state index contributed by atoms with van der Waals surface area (Å²) < 4.78 is 0. The molecule has 2 rings (SSSR count). The maximum Gasteiger partial charge on any atom is 0.225 e. The molecular weight excluding hydrogens is 250 g/mol. The summed E-state index contributed by atoms with van der Waals surface area (Å²) in [7, 11) is 0. The van der Waals surface area contributed by atoms with Gasteiger partial charge in [-0.1, -0.05) is 44.2 Å². The van der Waals surface area contributed by atoms with Gasteiger partial charge in [0, 0.05) is 6.54 Å². The van der Waals surface area contributed by atoms with Gasteiger partial charge in [0.1, 0.15) is 0 Å². The summed E-state index contributed by atoms with van der Waals surface area (Å²) in [6.07, 6.45) is 3.00. The molecule has 0 bridgehead atoms. The zero-order chi connectivity index (χ0) is 14.6. The molecule has 2 unspecified atom stereocenters. The first kappa shape index (κ1) is 15.0. The van der Waals surface area contributed by atoms with Gasteiger partial charge in [0.2, 0.25) is 5.91 Å². The van der Waals surface area contributed by atoms with Crippen molar-refractivity contribution < 1.29 is 9.90 Å². The van der Waals surface area contributed by atoms with E-state index in [9.17, 15) is 9.90 Å². The number of carbonyl (C=O) groups is 1. The number of nitrogens with one attached hydrogen (secondary N) is 1. The highest BCUT2D eigenvalue weighted by atomic mass is 16.3. The van der Waals surface area contributed by atoms with Crippen LogP contribution in [0.5, 0.6) is 0 Å². The monoisotopic (exact) mass is 275 g/mol. The van der Waals surface area contributed by atoms with Crippen LogP contribution in [-0.2, 0) is 11.2 Å². The van der Waals surface area contributed by atoms with Crippen LogP contribution in [-0.4, -0.2) is 23.7 Å². The largest absolute Gasteiger partial charge is 0.392 e. The van der Waals surface area contributed by atoms with Crippen LogP contribution in [0.25, 0.3) is 0 Å². The number of hydrogen-bond acceptors (Lipinski definition) is 2. The molecule has 1 amide bonds. The van der Waals surface area contributed by atoms with Gasteiger partial charge in [-0.15, -0.1) is 0 Å². The Bertz CT molecular complexity index is 442. The second kappa shape index (κ2) is 6.40. The quantitative estimate of drug-likeness (QED) is 0.867. The lowest BCUT2D eigenvalue weighted by atomic mass is 9.85. The minimum Gasteiger partial charge on any atom is -0.392 e. The number of amides is 1. The molecule has 0 aliphatic heterocycles. The van der Waals surface area contributed by atoms with Gasteiger partial charge in [0.25, 0.3) is 0 Å². The minimum absolute atomic E-state index is 0.0103. The number of rotatable bonds is 5. The highest BCUT2D eigenvalue weighted by Crippen LogP contribution is 2.26. The molecule has 0 aromatic heterocycles. The lowest BCUT2D eigenvalue weighted by Gasteiger charge is -2.26. The van der Waals surface area contributed by atoms with Crippen molar-refractivity contribution in [1.29, 1.82) is 0 Å². The van der Waals surface area contributed by atoms with Crippen molar-refractivity contribution in [2.45, 2.75) is 45.6 Å². The molecule has 1 saturated carbocycles. The third kappa shape index (κ3) is 4.07. The number of aliphatic hydroxyl groups is 1. The number of benzene rings is 1. The molecule has 0 saturated heterocycles. The molecule has 1 aromatic carbocycles. The Hall–Kier alpha value is -1.35. The molecule has 1 aromatic rings. The lowest BCUT2D eigenvalue weighted by molar-refractivity contribution is -0.127. The summed E-state index contributed by atoms with van der Waals surface area (Å²) in [5.41, 5.74) is 1.30. The number of aliphatic hydroxyl groups excluding tert-OH is 1. The summed E-state index contributed by atoms with van der Waals surface area (Å²) >= 11 is 0. The van der Waals surface area contributed by atoms with E-state index in [4.69, 9.17) is 0 Å². The molecule has 0 spiro atoms. The zero-order valence-electron chi connectivity index (χ0n) is 12.4. The summed E-state index contributed by atoms with van der Waals surface area (Å²) in [6, 6.07) is 10.3. The smallest absolute Gasteiger partial charge is 0.225 e. The molecule has 1 fully saturated rings. The van der Waals surface area contributed by atoms with E-state index in [1.165, 1.54) is 5.56 Å². The Morgan fingerprint density at radius 2 is 2.00 bits per heavy atom. The second-order valence-electron chi connectivity index (χ2n) is 6.65. The van der Waals surface area contributed by atoms with Crippen molar-refractivity contribution in [1.82, 2.24) is 5.32 Å². The maximum atomic E-state index is 12.1. The standard InChI is InChI=1S/C17H25NO2/c1-17(2,11-13-7-4-3-5-8-13)12-18-16(20)14-9-6-10-15(14)19/h3-5,7-8,14-15,19H,6,9-12H2,1-2H3,(H,18,20). The Morgan fingerprint density at radius 1 is 1.30 bits per heavy atom. The van der Waals surface area contributed by atoms with Gasteiger partial charge in [0.15, 0.2) is 0 Å². The van der Waals surface area contributed by atoms with Crippen molar-refractivity contribution in [3.8, 4) is 0 Å². The van der Waals surface area contributed by atoms with E-state index in [-0.39, 0.29) is 17.2 Å². The molecule has 110 valence electrons. The highest BCUT2D eigenvalue weighted by molar-refractivity contribution is 5.79. The van der Waals surface area contributed by atoms with Crippen molar-refractivity contribution in [3.63, 3.8) is 0 Å². The highest BCUT2D eigenvalue weighted by Gasteiger charge is 2.32. The first-order chi connectivity index (χ1) is 9.48. The predicted molar refractivity (Wildman–Crippen MR) is 80.3 cm³/mol. The zero-order valence-corrected chi connectivity index (χ0v) is 12.4. The van der Waals surface area contributed by atoms with Crippen LogP contribution < -0.4 is 5.32 Å². The van der Waals surface area contributed by atoms with E-state index in [0.717, 1.165) is 25.7 Å². The van der Waals surface area contributed by atoms with Crippen LogP contribution in [0.3, 0.4) is 0 Å². The summed E-state index contributed by atoms with van der Waals surface area (Å²) in [5, 5.41) is 12.8. The van der Waals surface area contributed by atoms with Crippen molar-refractivity contribution in [2.75, 3.05) is 6.54 Å². The van der Waals surface area contributed by atoms with Gasteiger partial charge in [-0.2, -0.15) is 0 Å². The first-order valence-corrected chi connectivity index (χ1v) is 7.48. The van der Waals surface area contributed by atoms with Crippen molar-refractivity contribution in [2.24, 2.45) is 11.3 Å². The van der Waals surface area contributed by atoms with Crippen LogP contribution in [0, 0.1) is 11.3 Å². The molecule has 0 heterocycles. The van der Waals surface area contributed by atoms with Crippen molar-refractivity contribution in [3.05, 3.63) is 35.9 Å². The van der Waals surface area contributed by atoms with Gasteiger partial charge in [-0.3, -0.25) is 4.79 Å². The van der Waals surface area contributed by atoms with Gasteiger partial charge in [-0.25, -0.2) is 0 Å². The lowest BCUT2D eigenvalue weighted by Crippen LogP contribution is -2.40. The molecule has 2 N–H and O–H groups in total. The fourth-order valence-electron chi connectivity index (χ4n) is 2.91. The minimum atomic E-state index is -0.452. The van der Waals surface area contributed by atoms with Gasteiger partial charge >= 0.3 is 0 Å². The van der Waals surface area contributed by atoms with Crippen LogP contribution in [0.1, 0.15) is 38.7 Å². The normalized spacial score (nSPS) is 22.8. The fourth-order valence-corrected chi connectivity index (χ4v) is 2.91. The molecular formula is C17H25NO2. The molecule has 2 atom stereocenters. The van der Waals surface area contributed by atoms with E-state index in [2.05, 4.69) is 31.3 Å². The third-order valence-corrected chi connectivity index (χ3v) is 4.08. The summed E-state index contributed by atoms with van der Waals surface area (Å²) in [5.74, 6) is -0.196. The average Bonchev–Trinajstić information content (AvgIpc) is 2.83. The van der Waals surface area contributed by atoms with Crippen LogP contribution in [0.2, 0.25) is 0 Å². The van der Waals surface area contributed by atoms with Crippen LogP contribution >= 0.6 is 0 Å². The number of carbonyl (C=O) groups excluding carboxylic acids is 1. The number of hydrogen-bond donors (Lipinski definition) is 2. The molecule has 3 nitrogen and oxygen atoms in total. The van der Waals surface area contributed by atoms with E-state index >= 15 is 0 Å². The van der Waals surface area contributed by atoms with Crippen LogP contribution in [0.15, 0.2) is 30.3 Å². The summed E-state index contributed by atoms with van der Waals surface area (Å²) in [4.78, 5) is 12.1. The molecule has 1 aliphatic carbocycles. The molecule has 0 radical (unpaired) electrons. The predicted octanol–water partition coefficient (Wildman–Crippen LogP) is 2.53. The second-order valence-corrected chi connectivity index (χ2v) is 6.65. The van der Waals surface area contributed by atoms with Crippen LogP contribution in [0.4, 0.5) is 0 Å². The Kier molecular flexibility index (Phi) is 4.81.